The van der Waals surface area contributed by atoms with Crippen molar-refractivity contribution in [2.45, 2.75) is 25.8 Å². The Bertz CT molecular complexity index is 501. The number of carbonyl (C=O) groups is 2. The monoisotopic (exact) mass is 283 g/mol. The number of hydrogen-bond acceptors (Lipinski definition) is 3. The van der Waals surface area contributed by atoms with E-state index >= 15 is 0 Å². The summed E-state index contributed by atoms with van der Waals surface area (Å²) in [4.78, 5) is 23.5. The summed E-state index contributed by atoms with van der Waals surface area (Å²) in [6.07, 6.45) is 0.492. The zero-order valence-corrected chi connectivity index (χ0v) is 12.0. The lowest BCUT2D eigenvalue weighted by atomic mass is 9.99. The first-order valence-corrected chi connectivity index (χ1v) is 6.31. The molecule has 104 valence electrons. The molecule has 6 heteroatoms. The molecule has 0 saturated carbocycles. The largest absolute Gasteiger partial charge is 0.355 e. The topological polar surface area (TPSA) is 84.2 Å². The van der Waals surface area contributed by atoms with Crippen molar-refractivity contribution in [1.29, 1.82) is 0 Å². The molecule has 0 fully saturated rings. The lowest BCUT2D eigenvalue weighted by Crippen LogP contribution is -2.47. The van der Waals surface area contributed by atoms with Crippen molar-refractivity contribution in [3.8, 4) is 0 Å². The van der Waals surface area contributed by atoms with Gasteiger partial charge in [0.1, 0.15) is 0 Å². The molecule has 0 aliphatic heterocycles. The van der Waals surface area contributed by atoms with Gasteiger partial charge in [0.2, 0.25) is 5.91 Å². The Labute approximate surface area is 117 Å². The number of benzene rings is 1. The molecule has 2 amide bonds. The van der Waals surface area contributed by atoms with E-state index in [9.17, 15) is 9.59 Å². The third-order valence-electron chi connectivity index (χ3n) is 2.96. The summed E-state index contributed by atoms with van der Waals surface area (Å²) in [6.45, 7) is 3.46. The molecule has 0 aliphatic carbocycles. The highest BCUT2D eigenvalue weighted by Crippen LogP contribution is 2.24. The van der Waals surface area contributed by atoms with Gasteiger partial charge in [-0.05, 0) is 31.5 Å². The van der Waals surface area contributed by atoms with Gasteiger partial charge in [0.05, 0.1) is 16.2 Å². The molecular formula is C13H18ClN3O2. The lowest BCUT2D eigenvalue weighted by Gasteiger charge is -2.22. The van der Waals surface area contributed by atoms with Crippen LogP contribution in [0.25, 0.3) is 0 Å². The van der Waals surface area contributed by atoms with Crippen LogP contribution in [0.4, 0.5) is 5.69 Å². The van der Waals surface area contributed by atoms with Crippen LogP contribution in [0.3, 0.4) is 0 Å². The third-order valence-corrected chi connectivity index (χ3v) is 3.29. The average Bonchev–Trinajstić information content (AvgIpc) is 2.40. The Morgan fingerprint density at radius 1 is 1.42 bits per heavy atom. The normalized spacial score (nSPS) is 13.5. The number of nitrogens with one attached hydrogen (secondary N) is 2. The van der Waals surface area contributed by atoms with Gasteiger partial charge in [-0.3, -0.25) is 9.59 Å². The molecule has 1 aromatic rings. The van der Waals surface area contributed by atoms with Crippen LogP contribution in [-0.2, 0) is 4.79 Å². The van der Waals surface area contributed by atoms with Crippen LogP contribution >= 0.6 is 11.6 Å². The van der Waals surface area contributed by atoms with E-state index in [-0.39, 0.29) is 11.8 Å². The number of carbonyl (C=O) groups excluding carboxylic acids is 2. The third kappa shape index (κ3) is 3.68. The summed E-state index contributed by atoms with van der Waals surface area (Å²) in [5.41, 5.74) is 5.65. The molecule has 0 spiro atoms. The quantitative estimate of drug-likeness (QED) is 0.787. The van der Waals surface area contributed by atoms with Crippen LogP contribution in [0.2, 0.25) is 5.02 Å². The summed E-state index contributed by atoms with van der Waals surface area (Å²) in [5, 5.41) is 5.50. The van der Waals surface area contributed by atoms with E-state index in [1.54, 1.807) is 19.1 Å². The van der Waals surface area contributed by atoms with E-state index in [2.05, 4.69) is 10.6 Å². The minimum atomic E-state index is -0.980. The number of rotatable bonds is 4. The van der Waals surface area contributed by atoms with Gasteiger partial charge in [0.25, 0.3) is 5.91 Å². The second-order valence-electron chi connectivity index (χ2n) is 4.50. The van der Waals surface area contributed by atoms with Gasteiger partial charge in [0.15, 0.2) is 0 Å². The standard InChI is InChI=1S/C13H18ClN3O2/c1-4-13(2,15)12(19)17-10-7-8(11(18)16-3)5-6-9(10)14/h5-7H,4,15H2,1-3H3,(H,16,18)(H,17,19). The number of anilines is 1. The zero-order valence-electron chi connectivity index (χ0n) is 11.2. The van der Waals surface area contributed by atoms with Crippen LogP contribution in [0.15, 0.2) is 18.2 Å². The van der Waals surface area contributed by atoms with E-state index in [1.165, 1.54) is 13.1 Å². The molecule has 19 heavy (non-hydrogen) atoms. The highest BCUT2D eigenvalue weighted by molar-refractivity contribution is 6.34. The van der Waals surface area contributed by atoms with E-state index in [0.29, 0.717) is 22.7 Å². The first-order valence-electron chi connectivity index (χ1n) is 5.93. The van der Waals surface area contributed by atoms with Crippen LogP contribution in [0.5, 0.6) is 0 Å². The minimum Gasteiger partial charge on any atom is -0.355 e. The molecule has 0 saturated heterocycles. The number of hydrogen-bond donors (Lipinski definition) is 3. The van der Waals surface area contributed by atoms with Gasteiger partial charge in [-0.25, -0.2) is 0 Å². The smallest absolute Gasteiger partial charge is 0.251 e. The molecule has 5 nitrogen and oxygen atoms in total. The SMILES string of the molecule is CCC(C)(N)C(=O)Nc1cc(C(=O)NC)ccc1Cl. The first kappa shape index (κ1) is 15.5. The fraction of sp³-hybridized carbons (Fsp3) is 0.385. The second-order valence-corrected chi connectivity index (χ2v) is 4.91. The van der Waals surface area contributed by atoms with Gasteiger partial charge in [-0.1, -0.05) is 18.5 Å². The van der Waals surface area contributed by atoms with Crippen molar-refractivity contribution < 1.29 is 9.59 Å². The fourth-order valence-corrected chi connectivity index (χ4v) is 1.50. The second kappa shape index (κ2) is 6.04. The van der Waals surface area contributed by atoms with Gasteiger partial charge >= 0.3 is 0 Å². The van der Waals surface area contributed by atoms with Crippen LogP contribution < -0.4 is 16.4 Å². The molecule has 0 aliphatic rings. The molecule has 0 aromatic heterocycles. The maximum atomic E-state index is 12.0. The highest BCUT2D eigenvalue weighted by atomic mass is 35.5. The fourth-order valence-electron chi connectivity index (χ4n) is 1.33. The number of halogens is 1. The van der Waals surface area contributed by atoms with Crippen LogP contribution in [0.1, 0.15) is 30.6 Å². The van der Waals surface area contributed by atoms with E-state index in [4.69, 9.17) is 17.3 Å². The number of nitrogens with two attached hydrogens (primary N) is 1. The molecule has 1 unspecified atom stereocenters. The number of amides is 2. The predicted octanol–water partition coefficient (Wildman–Crippen LogP) is 1.77. The maximum Gasteiger partial charge on any atom is 0.251 e. The van der Waals surface area contributed by atoms with Crippen molar-refractivity contribution in [1.82, 2.24) is 5.32 Å². The summed E-state index contributed by atoms with van der Waals surface area (Å²) in [6, 6.07) is 4.66. The van der Waals surface area contributed by atoms with E-state index in [0.717, 1.165) is 0 Å². The average molecular weight is 284 g/mol. The molecule has 4 N–H and O–H groups in total. The van der Waals surface area contributed by atoms with Crippen LogP contribution in [-0.4, -0.2) is 24.4 Å². The van der Waals surface area contributed by atoms with Crippen molar-refractivity contribution in [2.75, 3.05) is 12.4 Å². The Morgan fingerprint density at radius 3 is 2.58 bits per heavy atom. The van der Waals surface area contributed by atoms with Crippen molar-refractivity contribution in [3.63, 3.8) is 0 Å². The Balaban J connectivity index is 3.01. The van der Waals surface area contributed by atoms with Gasteiger partial charge in [-0.2, -0.15) is 0 Å². The summed E-state index contributed by atoms with van der Waals surface area (Å²) in [7, 11) is 1.53. The molecule has 1 aromatic carbocycles. The highest BCUT2D eigenvalue weighted by Gasteiger charge is 2.26. The van der Waals surface area contributed by atoms with Crippen molar-refractivity contribution in [2.24, 2.45) is 5.73 Å². The van der Waals surface area contributed by atoms with Gasteiger partial charge in [-0.15, -0.1) is 0 Å². The van der Waals surface area contributed by atoms with Gasteiger partial charge in [0, 0.05) is 12.6 Å². The van der Waals surface area contributed by atoms with Crippen LogP contribution in [0, 0.1) is 0 Å². The molecular weight excluding hydrogens is 266 g/mol. The minimum absolute atomic E-state index is 0.252. The Hall–Kier alpha value is -1.59. The van der Waals surface area contributed by atoms with Gasteiger partial charge < -0.3 is 16.4 Å². The molecule has 0 radical (unpaired) electrons. The predicted molar refractivity (Wildman–Crippen MR) is 76.4 cm³/mol. The molecule has 0 bridgehead atoms. The molecule has 0 heterocycles. The Morgan fingerprint density at radius 2 is 2.05 bits per heavy atom. The summed E-state index contributed by atoms with van der Waals surface area (Å²) < 4.78 is 0. The summed E-state index contributed by atoms with van der Waals surface area (Å²) >= 11 is 5.99. The molecule has 1 rings (SSSR count). The van der Waals surface area contributed by atoms with E-state index in [1.807, 2.05) is 6.92 Å². The Kier molecular flexibility index (Phi) is 4.91. The maximum absolute atomic E-state index is 12.0. The first-order chi connectivity index (χ1) is 8.81. The summed E-state index contributed by atoms with van der Waals surface area (Å²) in [5.74, 6) is -0.593. The van der Waals surface area contributed by atoms with Crippen molar-refractivity contribution in [3.05, 3.63) is 28.8 Å². The lowest BCUT2D eigenvalue weighted by molar-refractivity contribution is -0.120. The zero-order chi connectivity index (χ0) is 14.6. The molecule has 1 atom stereocenters. The van der Waals surface area contributed by atoms with Crippen molar-refractivity contribution >= 4 is 29.1 Å². The van der Waals surface area contributed by atoms with E-state index < -0.39 is 5.54 Å².